The highest BCUT2D eigenvalue weighted by atomic mass is 32.2. The Balaban J connectivity index is 1.45. The Hall–Kier alpha value is -2.64. The number of piperidine rings is 1. The summed E-state index contributed by atoms with van der Waals surface area (Å²) in [6.45, 7) is 12.1. The van der Waals surface area contributed by atoms with Gasteiger partial charge in [0.25, 0.3) is 0 Å². The second-order valence-electron chi connectivity index (χ2n) is 11.8. The molecule has 1 atom stereocenters. The van der Waals surface area contributed by atoms with Crippen molar-refractivity contribution < 1.29 is 17.9 Å². The zero-order valence-corrected chi connectivity index (χ0v) is 23.6. The molecule has 6 nitrogen and oxygen atoms in total. The van der Waals surface area contributed by atoms with Crippen molar-refractivity contribution in [3.05, 3.63) is 66.4 Å². The Bertz CT molecular complexity index is 1340. The first-order valence-corrected chi connectivity index (χ1v) is 14.7. The van der Waals surface area contributed by atoms with Crippen LogP contribution in [0.2, 0.25) is 0 Å². The van der Waals surface area contributed by atoms with Crippen molar-refractivity contribution in [1.82, 2.24) is 9.47 Å². The fourth-order valence-corrected chi connectivity index (χ4v) is 6.85. The van der Waals surface area contributed by atoms with Gasteiger partial charge in [0, 0.05) is 18.1 Å². The number of rotatable bonds is 7. The number of nitrogens with zero attached hydrogens (tertiary/aromatic N) is 2. The molecule has 0 saturated carbocycles. The normalized spacial score (nSPS) is 17.7. The summed E-state index contributed by atoms with van der Waals surface area (Å²) in [6.07, 6.45) is 5.15. The van der Waals surface area contributed by atoms with Gasteiger partial charge < -0.3 is 9.64 Å². The standard InChI is InChI=1S/C30H40N2O4S/c1-29(2,3)36-28(33)32-22-26(25-16-9-10-17-27(25)32)23-13-11-19-31(21-23)20-12-18-30(4,5)37(34,35)24-14-7-6-8-15-24/h6-10,14-17,22-23H,11-13,18-21H2,1-5H3. The number of hydrogen-bond donors (Lipinski definition) is 0. The van der Waals surface area contributed by atoms with E-state index in [9.17, 15) is 13.2 Å². The molecule has 1 saturated heterocycles. The molecule has 1 unspecified atom stereocenters. The molecule has 1 aliphatic rings. The molecule has 0 bridgehead atoms. The lowest BCUT2D eigenvalue weighted by atomic mass is 9.90. The monoisotopic (exact) mass is 524 g/mol. The summed E-state index contributed by atoms with van der Waals surface area (Å²) in [6, 6.07) is 16.8. The topological polar surface area (TPSA) is 68.6 Å². The smallest absolute Gasteiger partial charge is 0.419 e. The molecule has 0 N–H and O–H groups in total. The molecule has 200 valence electrons. The average molecular weight is 525 g/mol. The van der Waals surface area contributed by atoms with Gasteiger partial charge in [-0.2, -0.15) is 0 Å². The van der Waals surface area contributed by atoms with Gasteiger partial charge in [0.05, 0.1) is 15.2 Å². The quantitative estimate of drug-likeness (QED) is 0.347. The first-order chi connectivity index (χ1) is 17.4. The molecule has 37 heavy (non-hydrogen) atoms. The van der Waals surface area contributed by atoms with E-state index in [1.807, 2.05) is 65.1 Å². The van der Waals surface area contributed by atoms with Gasteiger partial charge in [-0.1, -0.05) is 36.4 Å². The third kappa shape index (κ3) is 6.10. The molecular formula is C30H40N2O4S. The number of aromatic nitrogens is 1. The van der Waals surface area contributed by atoms with Gasteiger partial charge in [0.2, 0.25) is 0 Å². The average Bonchev–Trinajstić information content (AvgIpc) is 3.24. The van der Waals surface area contributed by atoms with Gasteiger partial charge in [-0.25, -0.2) is 13.2 Å². The van der Waals surface area contributed by atoms with Gasteiger partial charge in [0.1, 0.15) is 5.60 Å². The molecule has 4 rings (SSSR count). The Morgan fingerprint density at radius 3 is 2.38 bits per heavy atom. The molecular weight excluding hydrogens is 484 g/mol. The summed E-state index contributed by atoms with van der Waals surface area (Å²) >= 11 is 0. The van der Waals surface area contributed by atoms with Crippen molar-refractivity contribution >= 4 is 26.8 Å². The molecule has 1 aliphatic heterocycles. The Morgan fingerprint density at radius 1 is 1.00 bits per heavy atom. The highest BCUT2D eigenvalue weighted by Gasteiger charge is 2.35. The second kappa shape index (κ2) is 10.6. The van der Waals surface area contributed by atoms with Crippen LogP contribution in [-0.2, 0) is 14.6 Å². The van der Waals surface area contributed by atoms with Crippen LogP contribution < -0.4 is 0 Å². The maximum absolute atomic E-state index is 13.2. The van der Waals surface area contributed by atoms with Crippen LogP contribution in [0.15, 0.2) is 65.7 Å². The van der Waals surface area contributed by atoms with Crippen molar-refractivity contribution in [2.45, 2.75) is 81.5 Å². The molecule has 0 aliphatic carbocycles. The summed E-state index contributed by atoms with van der Waals surface area (Å²) in [4.78, 5) is 15.8. The van der Waals surface area contributed by atoms with E-state index < -0.39 is 20.2 Å². The van der Waals surface area contributed by atoms with Crippen LogP contribution >= 0.6 is 0 Å². The van der Waals surface area contributed by atoms with Crippen molar-refractivity contribution in [3.8, 4) is 0 Å². The first-order valence-electron chi connectivity index (χ1n) is 13.2. The van der Waals surface area contributed by atoms with Crippen molar-refractivity contribution in [2.24, 2.45) is 0 Å². The maximum atomic E-state index is 13.2. The lowest BCUT2D eigenvalue weighted by Crippen LogP contribution is -2.37. The number of hydrogen-bond acceptors (Lipinski definition) is 5. The minimum atomic E-state index is -3.40. The largest absolute Gasteiger partial charge is 0.443 e. The minimum Gasteiger partial charge on any atom is -0.443 e. The van der Waals surface area contributed by atoms with Crippen molar-refractivity contribution in [3.63, 3.8) is 0 Å². The number of sulfone groups is 1. The lowest BCUT2D eigenvalue weighted by Gasteiger charge is -2.33. The third-order valence-corrected chi connectivity index (χ3v) is 9.86. The minimum absolute atomic E-state index is 0.309. The molecule has 2 aromatic carbocycles. The van der Waals surface area contributed by atoms with Gasteiger partial charge >= 0.3 is 6.09 Å². The highest BCUT2D eigenvalue weighted by molar-refractivity contribution is 7.92. The van der Waals surface area contributed by atoms with Crippen LogP contribution in [0.5, 0.6) is 0 Å². The Kier molecular flexibility index (Phi) is 7.86. The second-order valence-corrected chi connectivity index (χ2v) is 14.4. The van der Waals surface area contributed by atoms with Crippen molar-refractivity contribution in [2.75, 3.05) is 19.6 Å². The molecule has 0 spiro atoms. The Labute approximate surface area is 221 Å². The van der Waals surface area contributed by atoms with Gasteiger partial charge in [-0.05, 0) is 103 Å². The van der Waals surface area contributed by atoms with Crippen LogP contribution in [0, 0.1) is 0 Å². The maximum Gasteiger partial charge on any atom is 0.419 e. The van der Waals surface area contributed by atoms with E-state index in [0.29, 0.717) is 17.2 Å². The molecule has 1 fully saturated rings. The van der Waals surface area contributed by atoms with E-state index in [1.54, 1.807) is 28.8 Å². The van der Waals surface area contributed by atoms with Crippen LogP contribution in [0.1, 0.15) is 71.8 Å². The van der Waals surface area contributed by atoms with E-state index in [4.69, 9.17) is 4.74 Å². The predicted molar refractivity (Wildman–Crippen MR) is 149 cm³/mol. The first kappa shape index (κ1) is 27.4. The number of fused-ring (bicyclic) bond motifs is 1. The van der Waals surface area contributed by atoms with Crippen molar-refractivity contribution in [1.29, 1.82) is 0 Å². The fraction of sp³-hybridized carbons (Fsp3) is 0.500. The van der Waals surface area contributed by atoms with Crippen LogP contribution in [-0.4, -0.2) is 54.0 Å². The zero-order chi connectivity index (χ0) is 26.8. The van der Waals surface area contributed by atoms with Gasteiger partial charge in [-0.15, -0.1) is 0 Å². The number of para-hydroxylation sites is 1. The SMILES string of the molecule is CC(C)(C)OC(=O)n1cc(C2CCCN(CCCC(C)(C)S(=O)(=O)c3ccccc3)C2)c2ccccc21. The zero-order valence-electron chi connectivity index (χ0n) is 22.7. The molecule has 7 heteroatoms. The molecule has 2 heterocycles. The summed E-state index contributed by atoms with van der Waals surface area (Å²) in [5.41, 5.74) is 1.49. The number of carbonyl (C=O) groups excluding carboxylic acids is 1. The summed E-state index contributed by atoms with van der Waals surface area (Å²) in [7, 11) is -3.40. The van der Waals surface area contributed by atoms with E-state index >= 15 is 0 Å². The van der Waals surface area contributed by atoms with Gasteiger partial charge in [-0.3, -0.25) is 4.57 Å². The van der Waals surface area contributed by atoms with Crippen LogP contribution in [0.4, 0.5) is 4.79 Å². The van der Waals surface area contributed by atoms with Gasteiger partial charge in [0.15, 0.2) is 9.84 Å². The van der Waals surface area contributed by atoms with E-state index in [2.05, 4.69) is 11.0 Å². The van der Waals surface area contributed by atoms with E-state index in [-0.39, 0.29) is 6.09 Å². The third-order valence-electron chi connectivity index (χ3n) is 7.31. The predicted octanol–water partition coefficient (Wildman–Crippen LogP) is 6.64. The summed E-state index contributed by atoms with van der Waals surface area (Å²) in [5, 5.41) is 1.09. The summed E-state index contributed by atoms with van der Waals surface area (Å²) < 4.78 is 32.9. The van der Waals surface area contributed by atoms with Crippen LogP contribution in [0.25, 0.3) is 10.9 Å². The molecule has 1 aromatic heterocycles. The molecule has 0 amide bonds. The van der Waals surface area contributed by atoms with E-state index in [0.717, 1.165) is 49.8 Å². The summed E-state index contributed by atoms with van der Waals surface area (Å²) in [5.74, 6) is 0.309. The lowest BCUT2D eigenvalue weighted by molar-refractivity contribution is 0.0544. The fourth-order valence-electron chi connectivity index (χ4n) is 5.29. The number of likely N-dealkylation sites (tertiary alicyclic amines) is 1. The van der Waals surface area contributed by atoms with E-state index in [1.165, 1.54) is 5.56 Å². The number of carbonyl (C=O) groups is 1. The number of benzene rings is 2. The van der Waals surface area contributed by atoms with Crippen LogP contribution in [0.3, 0.4) is 0 Å². The Morgan fingerprint density at radius 2 is 1.68 bits per heavy atom. The highest BCUT2D eigenvalue weighted by Crippen LogP contribution is 2.35. The molecule has 3 aromatic rings. The number of ether oxygens (including phenoxy) is 1. The molecule has 0 radical (unpaired) electrons.